The minimum atomic E-state index is -4.67. The first-order valence-electron chi connectivity index (χ1n) is 8.64. The molecule has 2 aromatic rings. The second-order valence-corrected chi connectivity index (χ2v) is 6.27. The van der Waals surface area contributed by atoms with Crippen molar-refractivity contribution >= 4 is 5.82 Å². The predicted octanol–water partition coefficient (Wildman–Crippen LogP) is 4.67. The Morgan fingerprint density at radius 2 is 1.69 bits per heavy atom. The molecule has 1 aromatic heterocycles. The van der Waals surface area contributed by atoms with E-state index in [-0.39, 0.29) is 5.75 Å². The summed E-state index contributed by atoms with van der Waals surface area (Å²) in [7, 11) is 0. The number of ether oxygens (including phenoxy) is 2. The topological polar surface area (TPSA) is 34.6 Å². The van der Waals surface area contributed by atoms with Crippen LogP contribution < -0.4 is 14.4 Å². The molecule has 7 heteroatoms. The normalized spacial score (nSPS) is 15.7. The van der Waals surface area contributed by atoms with E-state index >= 15 is 0 Å². The lowest BCUT2D eigenvalue weighted by atomic mass is 9.94. The minimum absolute atomic E-state index is 0.244. The van der Waals surface area contributed by atoms with Crippen molar-refractivity contribution in [3.8, 4) is 11.5 Å². The lowest BCUT2D eigenvalue weighted by molar-refractivity contribution is -0.274. The van der Waals surface area contributed by atoms with Crippen LogP contribution in [0.15, 0.2) is 48.7 Å². The molecular weight excluding hydrogens is 345 g/mol. The van der Waals surface area contributed by atoms with Crippen LogP contribution in [0.4, 0.5) is 19.0 Å². The summed E-state index contributed by atoms with van der Waals surface area (Å²) in [6.45, 7) is 2.50. The molecule has 0 spiro atoms. The quantitative estimate of drug-likeness (QED) is 0.744. The van der Waals surface area contributed by atoms with E-state index in [0.29, 0.717) is 18.3 Å². The van der Waals surface area contributed by atoms with E-state index < -0.39 is 6.36 Å². The van der Waals surface area contributed by atoms with Crippen LogP contribution in [0.1, 0.15) is 19.3 Å². The smallest absolute Gasteiger partial charge is 0.494 e. The van der Waals surface area contributed by atoms with Crippen LogP contribution >= 0.6 is 0 Å². The summed E-state index contributed by atoms with van der Waals surface area (Å²) in [6.07, 6.45) is 0.222. The van der Waals surface area contributed by atoms with Crippen molar-refractivity contribution in [2.45, 2.75) is 25.6 Å². The van der Waals surface area contributed by atoms with Gasteiger partial charge in [-0.3, -0.25) is 0 Å². The zero-order valence-corrected chi connectivity index (χ0v) is 14.3. The van der Waals surface area contributed by atoms with E-state index in [1.807, 2.05) is 18.2 Å². The van der Waals surface area contributed by atoms with E-state index in [1.165, 1.54) is 24.3 Å². The fourth-order valence-electron chi connectivity index (χ4n) is 3.07. The fourth-order valence-corrected chi connectivity index (χ4v) is 3.07. The zero-order valence-electron chi connectivity index (χ0n) is 14.3. The van der Waals surface area contributed by atoms with Gasteiger partial charge in [0, 0.05) is 19.3 Å². The summed E-state index contributed by atoms with van der Waals surface area (Å²) in [6, 6.07) is 11.4. The van der Waals surface area contributed by atoms with Gasteiger partial charge < -0.3 is 14.4 Å². The van der Waals surface area contributed by atoms with E-state index in [1.54, 1.807) is 6.20 Å². The molecule has 26 heavy (non-hydrogen) atoms. The van der Waals surface area contributed by atoms with Gasteiger partial charge in [0.05, 0.1) is 6.61 Å². The second kappa shape index (κ2) is 8.29. The van der Waals surface area contributed by atoms with Crippen molar-refractivity contribution in [1.82, 2.24) is 4.98 Å². The van der Waals surface area contributed by atoms with Gasteiger partial charge in [0.15, 0.2) is 0 Å². The number of pyridine rings is 1. The molecule has 1 aliphatic rings. The number of halogens is 3. The van der Waals surface area contributed by atoms with Crippen LogP contribution in [0.3, 0.4) is 0 Å². The molecule has 0 aliphatic carbocycles. The van der Waals surface area contributed by atoms with Gasteiger partial charge in [-0.05, 0) is 61.6 Å². The molecule has 0 N–H and O–H groups in total. The molecule has 0 bridgehead atoms. The third kappa shape index (κ3) is 5.54. The van der Waals surface area contributed by atoms with Gasteiger partial charge in [0.25, 0.3) is 0 Å². The monoisotopic (exact) mass is 366 g/mol. The molecule has 0 saturated carbocycles. The van der Waals surface area contributed by atoms with Crippen molar-refractivity contribution in [1.29, 1.82) is 0 Å². The van der Waals surface area contributed by atoms with Crippen molar-refractivity contribution in [2.24, 2.45) is 5.92 Å². The van der Waals surface area contributed by atoms with Gasteiger partial charge in [-0.1, -0.05) is 6.07 Å². The Bertz CT molecular complexity index is 669. The van der Waals surface area contributed by atoms with Crippen LogP contribution in [0, 0.1) is 5.92 Å². The number of anilines is 1. The Morgan fingerprint density at radius 1 is 1.00 bits per heavy atom. The van der Waals surface area contributed by atoms with Crippen molar-refractivity contribution < 1.29 is 22.6 Å². The highest BCUT2D eigenvalue weighted by atomic mass is 19.4. The molecule has 1 aliphatic heterocycles. The Morgan fingerprint density at radius 3 is 2.31 bits per heavy atom. The van der Waals surface area contributed by atoms with Crippen LogP contribution in [0.2, 0.25) is 0 Å². The van der Waals surface area contributed by atoms with Crippen molar-refractivity contribution in [3.63, 3.8) is 0 Å². The van der Waals surface area contributed by atoms with E-state index in [0.717, 1.165) is 38.2 Å². The van der Waals surface area contributed by atoms with Crippen molar-refractivity contribution in [2.75, 3.05) is 24.6 Å². The first-order valence-corrected chi connectivity index (χ1v) is 8.64. The number of nitrogens with zero attached hydrogens (tertiary/aromatic N) is 2. The largest absolute Gasteiger partial charge is 0.573 e. The second-order valence-electron chi connectivity index (χ2n) is 6.27. The number of piperidine rings is 1. The summed E-state index contributed by atoms with van der Waals surface area (Å²) in [5.41, 5.74) is 0. The standard InChI is InChI=1S/C19H21F3N2O2/c20-19(21,22)26-17-6-4-16(5-7-17)25-14-10-15-8-12-24(13-9-15)18-3-1-2-11-23-18/h1-7,11,15H,8-10,12-14H2. The third-order valence-electron chi connectivity index (χ3n) is 4.44. The first kappa shape index (κ1) is 18.4. The molecule has 2 heterocycles. The SMILES string of the molecule is FC(F)(F)Oc1ccc(OCCC2CCN(c3ccccn3)CC2)cc1. The van der Waals surface area contributed by atoms with Gasteiger partial charge in [0.2, 0.25) is 0 Å². The maximum absolute atomic E-state index is 12.1. The summed E-state index contributed by atoms with van der Waals surface area (Å²) >= 11 is 0. The number of hydrogen-bond donors (Lipinski definition) is 0. The maximum Gasteiger partial charge on any atom is 0.573 e. The lowest BCUT2D eigenvalue weighted by Crippen LogP contribution is -2.34. The van der Waals surface area contributed by atoms with Crippen LogP contribution in [0.25, 0.3) is 0 Å². The Hall–Kier alpha value is -2.44. The van der Waals surface area contributed by atoms with Crippen LogP contribution in [0.5, 0.6) is 11.5 Å². The molecule has 3 rings (SSSR count). The van der Waals surface area contributed by atoms with Gasteiger partial charge in [-0.25, -0.2) is 4.98 Å². The van der Waals surface area contributed by atoms with Crippen molar-refractivity contribution in [3.05, 3.63) is 48.7 Å². The lowest BCUT2D eigenvalue weighted by Gasteiger charge is -2.32. The van der Waals surface area contributed by atoms with Gasteiger partial charge in [0.1, 0.15) is 17.3 Å². The predicted molar refractivity (Wildman–Crippen MR) is 92.4 cm³/mol. The maximum atomic E-state index is 12.1. The Kier molecular flexibility index (Phi) is 5.85. The summed E-state index contributed by atoms with van der Waals surface area (Å²) in [5, 5.41) is 0. The summed E-state index contributed by atoms with van der Waals surface area (Å²) in [4.78, 5) is 6.67. The number of alkyl halides is 3. The summed E-state index contributed by atoms with van der Waals surface area (Å²) < 4.78 is 45.9. The fraction of sp³-hybridized carbons (Fsp3) is 0.421. The number of hydrogen-bond acceptors (Lipinski definition) is 4. The number of rotatable bonds is 6. The molecule has 1 fully saturated rings. The molecule has 140 valence electrons. The highest BCUT2D eigenvalue weighted by Crippen LogP contribution is 2.26. The van der Waals surface area contributed by atoms with Gasteiger partial charge in [-0.2, -0.15) is 0 Å². The average molecular weight is 366 g/mol. The van der Waals surface area contributed by atoms with Gasteiger partial charge in [-0.15, -0.1) is 13.2 Å². The minimum Gasteiger partial charge on any atom is -0.494 e. The van der Waals surface area contributed by atoms with Gasteiger partial charge >= 0.3 is 6.36 Å². The molecule has 0 unspecified atom stereocenters. The number of aromatic nitrogens is 1. The number of benzene rings is 1. The average Bonchev–Trinajstić information content (AvgIpc) is 2.63. The van der Waals surface area contributed by atoms with E-state index in [9.17, 15) is 13.2 Å². The highest BCUT2D eigenvalue weighted by molar-refractivity contribution is 5.38. The molecule has 4 nitrogen and oxygen atoms in total. The van der Waals surface area contributed by atoms with Crippen LogP contribution in [-0.4, -0.2) is 31.0 Å². The first-order chi connectivity index (χ1) is 12.5. The molecule has 0 atom stereocenters. The molecular formula is C19H21F3N2O2. The molecule has 0 amide bonds. The van der Waals surface area contributed by atoms with E-state index in [4.69, 9.17) is 4.74 Å². The third-order valence-corrected chi connectivity index (χ3v) is 4.44. The highest BCUT2D eigenvalue weighted by Gasteiger charge is 2.31. The summed E-state index contributed by atoms with van der Waals surface area (Å²) in [5.74, 6) is 1.91. The molecule has 0 radical (unpaired) electrons. The Labute approximate surface area is 150 Å². The molecule has 1 saturated heterocycles. The van der Waals surface area contributed by atoms with Crippen LogP contribution in [-0.2, 0) is 0 Å². The molecule has 1 aromatic carbocycles. The van der Waals surface area contributed by atoms with E-state index in [2.05, 4.69) is 14.6 Å². The zero-order chi connectivity index (χ0) is 18.4. The Balaban J connectivity index is 1.38.